The molecule has 1 aliphatic rings. The first-order valence-corrected chi connectivity index (χ1v) is 8.82. The van der Waals surface area contributed by atoms with Crippen LogP contribution in [0, 0.1) is 13.8 Å². The molecule has 134 valence electrons. The van der Waals surface area contributed by atoms with Crippen LogP contribution < -0.4 is 4.90 Å². The van der Waals surface area contributed by atoms with Gasteiger partial charge in [-0.2, -0.15) is 0 Å². The largest absolute Gasteiger partial charge is 0.361 e. The summed E-state index contributed by atoms with van der Waals surface area (Å²) in [6.07, 6.45) is 2.69. The minimum Gasteiger partial charge on any atom is -0.361 e. The monoisotopic (exact) mass is 351 g/mol. The molecular formula is C19H21N5O2. The zero-order chi connectivity index (χ0) is 18.1. The molecule has 0 saturated carbocycles. The molecule has 1 aliphatic heterocycles. The van der Waals surface area contributed by atoms with E-state index >= 15 is 0 Å². The molecule has 3 aromatic rings. The van der Waals surface area contributed by atoms with E-state index in [4.69, 9.17) is 9.51 Å². The highest BCUT2D eigenvalue weighted by Crippen LogP contribution is 2.19. The van der Waals surface area contributed by atoms with E-state index in [-0.39, 0.29) is 5.91 Å². The second-order valence-corrected chi connectivity index (χ2v) is 6.55. The Morgan fingerprint density at radius 3 is 2.65 bits per heavy atom. The molecule has 1 aromatic carbocycles. The van der Waals surface area contributed by atoms with E-state index in [0.29, 0.717) is 30.1 Å². The fourth-order valence-corrected chi connectivity index (χ4v) is 3.40. The number of rotatable bonds is 2. The lowest BCUT2D eigenvalue weighted by atomic mass is 10.1. The number of carbonyl (C=O) groups excluding carboxylic acids is 1. The lowest BCUT2D eigenvalue weighted by Gasteiger charge is -2.22. The van der Waals surface area contributed by atoms with Crippen molar-refractivity contribution < 1.29 is 9.32 Å². The van der Waals surface area contributed by atoms with E-state index in [1.165, 1.54) is 0 Å². The first kappa shape index (κ1) is 16.5. The molecule has 3 heterocycles. The standard InChI is InChI=1S/C19H21N5O2/c1-13-18(14(2)26-22-13)19(25)24-9-5-8-23(10-11-24)17-12-20-15-6-3-4-7-16(15)21-17/h3-4,6-7,12H,5,8-11H2,1-2H3. The van der Waals surface area contributed by atoms with Gasteiger partial charge in [0.05, 0.1) is 22.9 Å². The van der Waals surface area contributed by atoms with Crippen LogP contribution in [0.25, 0.3) is 11.0 Å². The van der Waals surface area contributed by atoms with Crippen molar-refractivity contribution in [3.63, 3.8) is 0 Å². The maximum absolute atomic E-state index is 12.9. The van der Waals surface area contributed by atoms with Crippen molar-refractivity contribution in [2.24, 2.45) is 0 Å². The molecular weight excluding hydrogens is 330 g/mol. The summed E-state index contributed by atoms with van der Waals surface area (Å²) in [7, 11) is 0. The molecule has 1 saturated heterocycles. The summed E-state index contributed by atoms with van der Waals surface area (Å²) >= 11 is 0. The topological polar surface area (TPSA) is 75.4 Å². The van der Waals surface area contributed by atoms with Crippen LogP contribution in [0.15, 0.2) is 35.0 Å². The molecule has 0 spiro atoms. The Morgan fingerprint density at radius 1 is 1.08 bits per heavy atom. The minimum atomic E-state index is -0.00676. The van der Waals surface area contributed by atoms with Gasteiger partial charge in [0.1, 0.15) is 17.1 Å². The van der Waals surface area contributed by atoms with Gasteiger partial charge in [-0.3, -0.25) is 9.78 Å². The number of carbonyl (C=O) groups is 1. The fraction of sp³-hybridized carbons (Fsp3) is 0.368. The zero-order valence-corrected chi connectivity index (χ0v) is 15.0. The third kappa shape index (κ3) is 3.00. The second-order valence-electron chi connectivity index (χ2n) is 6.55. The van der Waals surface area contributed by atoms with Crippen molar-refractivity contribution in [2.45, 2.75) is 20.3 Å². The summed E-state index contributed by atoms with van der Waals surface area (Å²) in [6.45, 7) is 6.50. The highest BCUT2D eigenvalue weighted by Gasteiger charge is 2.25. The summed E-state index contributed by atoms with van der Waals surface area (Å²) in [4.78, 5) is 26.1. The summed E-state index contributed by atoms with van der Waals surface area (Å²) < 4.78 is 5.14. The highest BCUT2D eigenvalue weighted by atomic mass is 16.5. The fourth-order valence-electron chi connectivity index (χ4n) is 3.40. The van der Waals surface area contributed by atoms with Crippen LogP contribution in [0.2, 0.25) is 0 Å². The quantitative estimate of drug-likeness (QED) is 0.706. The van der Waals surface area contributed by atoms with E-state index in [9.17, 15) is 4.79 Å². The van der Waals surface area contributed by atoms with E-state index < -0.39 is 0 Å². The zero-order valence-electron chi connectivity index (χ0n) is 15.0. The summed E-state index contributed by atoms with van der Waals surface area (Å²) in [5, 5.41) is 3.90. The molecule has 1 amide bonds. The van der Waals surface area contributed by atoms with Crippen LogP contribution in [0.1, 0.15) is 28.2 Å². The van der Waals surface area contributed by atoms with E-state index in [1.807, 2.05) is 35.4 Å². The molecule has 7 heteroatoms. The number of amides is 1. The van der Waals surface area contributed by atoms with Crippen LogP contribution in [0.4, 0.5) is 5.82 Å². The van der Waals surface area contributed by atoms with Crippen molar-refractivity contribution in [1.82, 2.24) is 20.0 Å². The third-order valence-corrected chi connectivity index (χ3v) is 4.79. The average molecular weight is 351 g/mol. The number of aryl methyl sites for hydroxylation is 2. The van der Waals surface area contributed by atoms with Gasteiger partial charge >= 0.3 is 0 Å². The summed E-state index contributed by atoms with van der Waals surface area (Å²) in [5.41, 5.74) is 3.01. The third-order valence-electron chi connectivity index (χ3n) is 4.79. The number of aromatic nitrogens is 3. The number of anilines is 1. The molecule has 4 rings (SSSR count). The van der Waals surface area contributed by atoms with Gasteiger partial charge in [-0.15, -0.1) is 0 Å². The van der Waals surface area contributed by atoms with Crippen molar-refractivity contribution >= 4 is 22.8 Å². The van der Waals surface area contributed by atoms with Gasteiger partial charge in [0, 0.05) is 26.2 Å². The van der Waals surface area contributed by atoms with Crippen LogP contribution >= 0.6 is 0 Å². The van der Waals surface area contributed by atoms with Gasteiger partial charge in [-0.05, 0) is 32.4 Å². The second kappa shape index (κ2) is 6.74. The molecule has 0 unspecified atom stereocenters. The van der Waals surface area contributed by atoms with Crippen molar-refractivity contribution in [3.8, 4) is 0 Å². The molecule has 1 fully saturated rings. The van der Waals surface area contributed by atoms with Gasteiger partial charge in [-0.1, -0.05) is 17.3 Å². The lowest BCUT2D eigenvalue weighted by molar-refractivity contribution is 0.0764. The Hall–Kier alpha value is -2.96. The normalized spacial score (nSPS) is 15.3. The Morgan fingerprint density at radius 2 is 1.88 bits per heavy atom. The Balaban J connectivity index is 1.51. The number of para-hydroxylation sites is 2. The number of hydrogen-bond donors (Lipinski definition) is 0. The van der Waals surface area contributed by atoms with Crippen LogP contribution in [0.5, 0.6) is 0 Å². The Kier molecular flexibility index (Phi) is 4.28. The first-order chi connectivity index (χ1) is 12.6. The van der Waals surface area contributed by atoms with Gasteiger partial charge < -0.3 is 14.3 Å². The van der Waals surface area contributed by atoms with E-state index in [2.05, 4.69) is 15.0 Å². The predicted molar refractivity (Wildman–Crippen MR) is 98.2 cm³/mol. The lowest BCUT2D eigenvalue weighted by Crippen LogP contribution is -2.35. The highest BCUT2D eigenvalue weighted by molar-refractivity contribution is 5.96. The first-order valence-electron chi connectivity index (χ1n) is 8.82. The van der Waals surface area contributed by atoms with Gasteiger partial charge in [0.2, 0.25) is 0 Å². The number of nitrogens with zero attached hydrogens (tertiary/aromatic N) is 5. The number of fused-ring (bicyclic) bond motifs is 1. The molecule has 0 aliphatic carbocycles. The summed E-state index contributed by atoms with van der Waals surface area (Å²) in [5.74, 6) is 1.43. The molecule has 26 heavy (non-hydrogen) atoms. The average Bonchev–Trinajstić information content (AvgIpc) is 2.86. The molecule has 7 nitrogen and oxygen atoms in total. The summed E-state index contributed by atoms with van der Waals surface area (Å²) in [6, 6.07) is 7.85. The molecule has 0 bridgehead atoms. The molecule has 0 radical (unpaired) electrons. The molecule has 2 aromatic heterocycles. The van der Waals surface area contributed by atoms with E-state index in [0.717, 1.165) is 36.4 Å². The van der Waals surface area contributed by atoms with Crippen LogP contribution in [-0.4, -0.2) is 52.1 Å². The van der Waals surface area contributed by atoms with Gasteiger partial charge in [0.15, 0.2) is 0 Å². The van der Waals surface area contributed by atoms with Crippen molar-refractivity contribution in [1.29, 1.82) is 0 Å². The van der Waals surface area contributed by atoms with Crippen LogP contribution in [-0.2, 0) is 0 Å². The van der Waals surface area contributed by atoms with Gasteiger partial charge in [0.25, 0.3) is 5.91 Å². The van der Waals surface area contributed by atoms with Gasteiger partial charge in [-0.25, -0.2) is 4.98 Å². The minimum absolute atomic E-state index is 0.00676. The molecule has 0 N–H and O–H groups in total. The van der Waals surface area contributed by atoms with Crippen molar-refractivity contribution in [3.05, 3.63) is 47.5 Å². The maximum atomic E-state index is 12.9. The smallest absolute Gasteiger partial charge is 0.259 e. The number of benzene rings is 1. The Bertz CT molecular complexity index is 933. The Labute approximate surface area is 151 Å². The van der Waals surface area contributed by atoms with Crippen LogP contribution in [0.3, 0.4) is 0 Å². The maximum Gasteiger partial charge on any atom is 0.259 e. The SMILES string of the molecule is Cc1noc(C)c1C(=O)N1CCCN(c2cnc3ccccc3n2)CC1. The van der Waals surface area contributed by atoms with Crippen molar-refractivity contribution in [2.75, 3.05) is 31.1 Å². The predicted octanol–water partition coefficient (Wildman–Crippen LogP) is 2.59. The van der Waals surface area contributed by atoms with E-state index in [1.54, 1.807) is 13.8 Å². The molecule has 0 atom stereocenters. The number of hydrogen-bond acceptors (Lipinski definition) is 6.